The van der Waals surface area contributed by atoms with Crippen molar-refractivity contribution in [3.05, 3.63) is 233 Å². The number of anilines is 3. The van der Waals surface area contributed by atoms with Crippen molar-refractivity contribution < 1.29 is 0 Å². The number of para-hydroxylation sites is 1. The molecule has 0 aliphatic heterocycles. The SMILES string of the molecule is CC(C)(C)c1cc(C(C)(C)C)c2c(c1)C(C)(C)c1cccc(-c3ccccc3N(c3ccc4c(c3)C3(c5ccccc5-c5ccccc53)c3ccccc3-4)c3cccc4sc5ccccc5c34)c1-2. The van der Waals surface area contributed by atoms with E-state index >= 15 is 0 Å². The topological polar surface area (TPSA) is 3.24 Å². The molecule has 0 atom stereocenters. The normalized spacial score (nSPS) is 14.7. The number of nitrogens with zero attached hydrogens (tertiary/aromatic N) is 1. The molecule has 10 aromatic rings. The van der Waals surface area contributed by atoms with Crippen LogP contribution in [0.5, 0.6) is 0 Å². The van der Waals surface area contributed by atoms with E-state index in [0.29, 0.717) is 0 Å². The first-order valence-electron chi connectivity index (χ1n) is 24.3. The minimum Gasteiger partial charge on any atom is -0.309 e. The molecule has 0 saturated carbocycles. The quantitative estimate of drug-likeness (QED) is 0.170. The van der Waals surface area contributed by atoms with Crippen LogP contribution < -0.4 is 4.90 Å². The molecule has 0 amide bonds. The van der Waals surface area contributed by atoms with Gasteiger partial charge in [0.25, 0.3) is 0 Å². The molecule has 1 heterocycles. The maximum Gasteiger partial charge on any atom is 0.0726 e. The molecule has 1 nitrogen and oxygen atoms in total. The Hall–Kier alpha value is -7.00. The molecule has 9 aromatic carbocycles. The lowest BCUT2D eigenvalue weighted by molar-refractivity contribution is 0.564. The summed E-state index contributed by atoms with van der Waals surface area (Å²) in [6.07, 6.45) is 0. The van der Waals surface area contributed by atoms with E-state index in [1.54, 1.807) is 0 Å². The van der Waals surface area contributed by atoms with Gasteiger partial charge in [0.2, 0.25) is 0 Å². The lowest BCUT2D eigenvalue weighted by Crippen LogP contribution is -2.26. The molecule has 0 saturated heterocycles. The van der Waals surface area contributed by atoms with E-state index in [-0.39, 0.29) is 16.2 Å². The maximum absolute atomic E-state index is 2.61. The average Bonchev–Trinajstić information content (AvgIpc) is 4.03. The second-order valence-electron chi connectivity index (χ2n) is 22.0. The molecule has 3 aliphatic rings. The van der Waals surface area contributed by atoms with Crippen molar-refractivity contribution in [1.82, 2.24) is 0 Å². The van der Waals surface area contributed by atoms with Gasteiger partial charge >= 0.3 is 0 Å². The van der Waals surface area contributed by atoms with Crippen LogP contribution in [0.4, 0.5) is 17.1 Å². The Bertz CT molecular complexity index is 3690. The molecule has 3 aliphatic carbocycles. The van der Waals surface area contributed by atoms with Gasteiger partial charge in [-0.3, -0.25) is 0 Å². The van der Waals surface area contributed by atoms with E-state index in [1.807, 2.05) is 11.3 Å². The second-order valence-corrected chi connectivity index (χ2v) is 23.1. The molecule has 13 rings (SSSR count). The molecule has 68 heavy (non-hydrogen) atoms. The van der Waals surface area contributed by atoms with Crippen molar-refractivity contribution >= 4 is 48.6 Å². The molecule has 1 spiro atoms. The van der Waals surface area contributed by atoms with Crippen LogP contribution in [0, 0.1) is 0 Å². The fourth-order valence-electron chi connectivity index (χ4n) is 12.6. The smallest absolute Gasteiger partial charge is 0.0726 e. The Morgan fingerprint density at radius 1 is 0.397 bits per heavy atom. The molecule has 330 valence electrons. The highest BCUT2D eigenvalue weighted by molar-refractivity contribution is 7.26. The Morgan fingerprint density at radius 3 is 1.59 bits per heavy atom. The predicted molar refractivity (Wildman–Crippen MR) is 291 cm³/mol. The van der Waals surface area contributed by atoms with Crippen LogP contribution in [-0.2, 0) is 21.7 Å². The van der Waals surface area contributed by atoms with Crippen molar-refractivity contribution in [3.63, 3.8) is 0 Å². The van der Waals surface area contributed by atoms with Crippen LogP contribution in [0.2, 0.25) is 0 Å². The number of hydrogen-bond donors (Lipinski definition) is 0. The van der Waals surface area contributed by atoms with Gasteiger partial charge in [0.15, 0.2) is 0 Å². The van der Waals surface area contributed by atoms with Crippen LogP contribution in [0.3, 0.4) is 0 Å². The molecule has 0 bridgehead atoms. The third kappa shape index (κ3) is 5.56. The Balaban J connectivity index is 1.12. The van der Waals surface area contributed by atoms with Crippen LogP contribution in [0.25, 0.3) is 64.7 Å². The van der Waals surface area contributed by atoms with Crippen molar-refractivity contribution in [2.75, 3.05) is 4.90 Å². The lowest BCUT2D eigenvalue weighted by Gasteiger charge is -2.33. The van der Waals surface area contributed by atoms with Crippen molar-refractivity contribution in [1.29, 1.82) is 0 Å². The summed E-state index contributed by atoms with van der Waals surface area (Å²) in [5.41, 5.74) is 24.3. The third-order valence-corrected chi connectivity index (χ3v) is 16.9. The third-order valence-electron chi connectivity index (χ3n) is 15.8. The number of thiophene rings is 1. The van der Waals surface area contributed by atoms with Crippen LogP contribution in [0.1, 0.15) is 99.9 Å². The first kappa shape index (κ1) is 41.2. The summed E-state index contributed by atoms with van der Waals surface area (Å²) < 4.78 is 2.59. The molecule has 0 unspecified atom stereocenters. The number of benzene rings is 9. The minimum atomic E-state index is -0.466. The zero-order valence-corrected chi connectivity index (χ0v) is 41.1. The molecular weight excluding hydrogens is 839 g/mol. The first-order valence-corrected chi connectivity index (χ1v) is 25.2. The van der Waals surface area contributed by atoms with Gasteiger partial charge in [0.1, 0.15) is 0 Å². The highest BCUT2D eigenvalue weighted by atomic mass is 32.1. The van der Waals surface area contributed by atoms with E-state index in [2.05, 4.69) is 248 Å². The van der Waals surface area contributed by atoms with E-state index in [4.69, 9.17) is 0 Å². The summed E-state index contributed by atoms with van der Waals surface area (Å²) >= 11 is 1.88. The standard InChI is InChI=1S/C66H55NS/c1-63(2,3)40-37-54(64(4,5)6)62-55(38-40)65(7,8)52-30-19-26-47(60(52)62)46-24-12-17-31-56(46)67(57-32-20-34-59-61(57)48-25-13-18-33-58(48)68-59)41-35-36-45-44-23-11-16-29-51(44)66(53(45)39-41)49-27-14-9-21-42(49)43-22-10-15-28-50(43)66/h9-39H,1-8H3. The molecule has 0 N–H and O–H groups in total. The second kappa shape index (κ2) is 14.3. The lowest BCUT2D eigenvalue weighted by atomic mass is 9.70. The van der Waals surface area contributed by atoms with Gasteiger partial charge < -0.3 is 4.90 Å². The first-order chi connectivity index (χ1) is 32.8. The van der Waals surface area contributed by atoms with E-state index < -0.39 is 5.41 Å². The van der Waals surface area contributed by atoms with Gasteiger partial charge in [-0.25, -0.2) is 0 Å². The summed E-state index contributed by atoms with van der Waals surface area (Å²) in [6, 6.07) is 72.1. The Morgan fingerprint density at radius 2 is 0.926 bits per heavy atom. The van der Waals surface area contributed by atoms with E-state index in [9.17, 15) is 0 Å². The summed E-state index contributed by atoms with van der Waals surface area (Å²) in [7, 11) is 0. The predicted octanol–water partition coefficient (Wildman–Crippen LogP) is 18.4. The summed E-state index contributed by atoms with van der Waals surface area (Å²) in [4.78, 5) is 2.61. The van der Waals surface area contributed by atoms with Crippen LogP contribution in [-0.4, -0.2) is 0 Å². The summed E-state index contributed by atoms with van der Waals surface area (Å²) in [6.45, 7) is 19.1. The number of fused-ring (bicyclic) bond motifs is 16. The fourth-order valence-corrected chi connectivity index (χ4v) is 13.7. The number of rotatable bonds is 4. The average molecular weight is 894 g/mol. The van der Waals surface area contributed by atoms with Gasteiger partial charge in [0, 0.05) is 36.8 Å². The molecule has 0 fully saturated rings. The Labute approximate surface area is 405 Å². The van der Waals surface area contributed by atoms with Gasteiger partial charge in [-0.15, -0.1) is 11.3 Å². The monoisotopic (exact) mass is 893 g/mol. The van der Waals surface area contributed by atoms with Crippen molar-refractivity contribution in [3.8, 4) is 44.5 Å². The minimum absolute atomic E-state index is 0.0150. The molecule has 1 aromatic heterocycles. The van der Waals surface area contributed by atoms with Crippen molar-refractivity contribution in [2.45, 2.75) is 77.0 Å². The van der Waals surface area contributed by atoms with Crippen molar-refractivity contribution in [2.24, 2.45) is 0 Å². The van der Waals surface area contributed by atoms with Crippen LogP contribution in [0.15, 0.2) is 188 Å². The largest absolute Gasteiger partial charge is 0.309 e. The van der Waals surface area contributed by atoms with Gasteiger partial charge in [-0.05, 0) is 131 Å². The van der Waals surface area contributed by atoms with E-state index in [0.717, 1.165) is 11.4 Å². The highest BCUT2D eigenvalue weighted by Gasteiger charge is 2.52. The van der Waals surface area contributed by atoms with Gasteiger partial charge in [0.05, 0.1) is 16.8 Å². The molecule has 2 heteroatoms. The van der Waals surface area contributed by atoms with Gasteiger partial charge in [-0.1, -0.05) is 207 Å². The maximum atomic E-state index is 2.61. The van der Waals surface area contributed by atoms with Gasteiger partial charge in [-0.2, -0.15) is 0 Å². The summed E-state index contributed by atoms with van der Waals surface area (Å²) in [5.74, 6) is 0. The number of hydrogen-bond acceptors (Lipinski definition) is 2. The highest BCUT2D eigenvalue weighted by Crippen LogP contribution is 2.64. The van der Waals surface area contributed by atoms with Crippen LogP contribution >= 0.6 is 11.3 Å². The fraction of sp³-hybridized carbons (Fsp3) is 0.182. The zero-order valence-electron chi connectivity index (χ0n) is 40.3. The summed E-state index contributed by atoms with van der Waals surface area (Å²) in [5, 5.41) is 2.57. The van der Waals surface area contributed by atoms with E-state index in [1.165, 1.54) is 115 Å². The Kier molecular flexibility index (Phi) is 8.64. The molecular formula is C66H55NS. The molecule has 0 radical (unpaired) electrons. The zero-order chi connectivity index (χ0) is 46.5.